The monoisotopic (exact) mass is 521 g/mol. The molecular weight excluding hydrogens is 498 g/mol. The second kappa shape index (κ2) is 9.92. The molecule has 0 aliphatic heterocycles. The topological polar surface area (TPSA) is 140 Å². The van der Waals surface area contributed by atoms with Crippen LogP contribution in [0.2, 0.25) is 0 Å². The lowest BCUT2D eigenvalue weighted by Crippen LogP contribution is -2.14. The van der Waals surface area contributed by atoms with Crippen molar-refractivity contribution in [2.45, 2.75) is 17.7 Å². The minimum Gasteiger partial charge on any atom is -0.384 e. The first-order chi connectivity index (χ1) is 16.8. The van der Waals surface area contributed by atoms with Gasteiger partial charge < -0.3 is 10.3 Å². The molecule has 5 aromatic rings. The van der Waals surface area contributed by atoms with Gasteiger partial charge in [0.05, 0.1) is 17.4 Å². The van der Waals surface area contributed by atoms with Gasteiger partial charge in [-0.15, -0.1) is 12.4 Å². The quantitative estimate of drug-likeness (QED) is 0.220. The first-order valence-electron chi connectivity index (χ1n) is 10.9. The Kier molecular flexibility index (Phi) is 6.91. The van der Waals surface area contributed by atoms with Crippen molar-refractivity contribution in [1.29, 1.82) is 5.41 Å². The molecule has 0 aliphatic carbocycles. The SMILES string of the molecule is Cl.Cn1c(CCc2ccc(C(=N)N)cc2)nc2cc(NS(=O)(=O)c3cccc4cccnc34)cnc21. The molecule has 0 bridgehead atoms. The molecule has 4 N–H and O–H groups in total. The maximum atomic E-state index is 13.1. The number of rotatable bonds is 7. The highest BCUT2D eigenvalue weighted by Gasteiger charge is 2.19. The summed E-state index contributed by atoms with van der Waals surface area (Å²) in [5, 5.41) is 8.24. The predicted molar refractivity (Wildman–Crippen MR) is 143 cm³/mol. The number of aryl methyl sites for hydroxylation is 3. The molecule has 9 nitrogen and oxygen atoms in total. The summed E-state index contributed by atoms with van der Waals surface area (Å²) < 4.78 is 30.8. The zero-order valence-electron chi connectivity index (χ0n) is 19.3. The third kappa shape index (κ3) is 4.86. The van der Waals surface area contributed by atoms with Gasteiger partial charge in [-0.2, -0.15) is 0 Å². The number of pyridine rings is 2. The summed E-state index contributed by atoms with van der Waals surface area (Å²) in [4.78, 5) is 13.5. The lowest BCUT2D eigenvalue weighted by molar-refractivity contribution is 0.602. The fourth-order valence-electron chi connectivity index (χ4n) is 4.01. The Morgan fingerprint density at radius 2 is 1.81 bits per heavy atom. The average molecular weight is 522 g/mol. The third-order valence-corrected chi connectivity index (χ3v) is 7.25. The summed E-state index contributed by atoms with van der Waals surface area (Å²) in [5.74, 6) is 0.877. The van der Waals surface area contributed by atoms with E-state index in [0.717, 1.165) is 23.2 Å². The Bertz CT molecular complexity index is 1680. The van der Waals surface area contributed by atoms with Crippen LogP contribution in [0.25, 0.3) is 22.1 Å². The van der Waals surface area contributed by atoms with Crippen LogP contribution < -0.4 is 10.5 Å². The van der Waals surface area contributed by atoms with Crippen LogP contribution >= 0.6 is 12.4 Å². The summed E-state index contributed by atoms with van der Waals surface area (Å²) in [6.45, 7) is 0. The molecule has 184 valence electrons. The summed E-state index contributed by atoms with van der Waals surface area (Å²) in [7, 11) is -1.99. The Hall–Kier alpha value is -4.02. The number of anilines is 1. The van der Waals surface area contributed by atoms with E-state index >= 15 is 0 Å². The molecule has 3 aromatic heterocycles. The number of nitrogens with one attached hydrogen (secondary N) is 2. The largest absolute Gasteiger partial charge is 0.384 e. The van der Waals surface area contributed by atoms with Gasteiger partial charge in [0, 0.05) is 30.6 Å². The summed E-state index contributed by atoms with van der Waals surface area (Å²) >= 11 is 0. The Balaban J connectivity index is 0.00000304. The fourth-order valence-corrected chi connectivity index (χ4v) is 5.23. The number of aromatic nitrogens is 4. The van der Waals surface area contributed by atoms with Crippen LogP contribution in [0.1, 0.15) is 17.0 Å². The number of benzene rings is 2. The van der Waals surface area contributed by atoms with Crippen LogP contribution in [-0.4, -0.2) is 33.8 Å². The average Bonchev–Trinajstić information content (AvgIpc) is 3.17. The lowest BCUT2D eigenvalue weighted by Gasteiger charge is -2.09. The Morgan fingerprint density at radius 3 is 2.56 bits per heavy atom. The second-order valence-corrected chi connectivity index (χ2v) is 9.85. The molecule has 0 unspecified atom stereocenters. The Morgan fingerprint density at radius 1 is 1.06 bits per heavy atom. The summed E-state index contributed by atoms with van der Waals surface area (Å²) in [6, 6.07) is 17.9. The summed E-state index contributed by atoms with van der Waals surface area (Å²) in [5.41, 5.74) is 9.32. The van der Waals surface area contributed by atoms with Gasteiger partial charge in [0.2, 0.25) is 0 Å². The second-order valence-electron chi connectivity index (χ2n) is 8.20. The van der Waals surface area contributed by atoms with E-state index in [1.807, 2.05) is 48.0 Å². The van der Waals surface area contributed by atoms with E-state index in [-0.39, 0.29) is 23.1 Å². The van der Waals surface area contributed by atoms with Crippen molar-refractivity contribution >= 4 is 56.0 Å². The Labute approximate surface area is 214 Å². The number of sulfonamides is 1. The van der Waals surface area contributed by atoms with E-state index in [2.05, 4.69) is 19.7 Å². The zero-order chi connectivity index (χ0) is 24.6. The number of imidazole rings is 1. The minimum atomic E-state index is -3.88. The van der Waals surface area contributed by atoms with Crippen molar-refractivity contribution in [3.05, 3.63) is 90.0 Å². The molecule has 0 aliphatic rings. The van der Waals surface area contributed by atoms with Crippen LogP contribution in [-0.2, 0) is 29.9 Å². The van der Waals surface area contributed by atoms with E-state index < -0.39 is 10.0 Å². The van der Waals surface area contributed by atoms with Crippen molar-refractivity contribution in [2.24, 2.45) is 12.8 Å². The number of nitrogens with two attached hydrogens (primary N) is 1. The number of nitrogen functional groups attached to an aromatic ring is 1. The van der Waals surface area contributed by atoms with E-state index in [9.17, 15) is 8.42 Å². The van der Waals surface area contributed by atoms with Gasteiger partial charge in [-0.1, -0.05) is 42.5 Å². The van der Waals surface area contributed by atoms with E-state index in [1.165, 1.54) is 12.3 Å². The number of hydrogen-bond acceptors (Lipinski definition) is 6. The van der Waals surface area contributed by atoms with Gasteiger partial charge in [-0.25, -0.2) is 18.4 Å². The molecule has 5 rings (SSSR count). The maximum Gasteiger partial charge on any atom is 0.264 e. The third-order valence-electron chi connectivity index (χ3n) is 5.84. The van der Waals surface area contributed by atoms with Crippen LogP contribution in [0.15, 0.2) is 78.0 Å². The number of amidine groups is 1. The minimum absolute atomic E-state index is 0. The van der Waals surface area contributed by atoms with Crippen LogP contribution in [0.3, 0.4) is 0 Å². The zero-order valence-corrected chi connectivity index (χ0v) is 21.0. The molecule has 2 aromatic carbocycles. The predicted octanol–water partition coefficient (Wildman–Crippen LogP) is 3.81. The maximum absolute atomic E-state index is 13.1. The van der Waals surface area contributed by atoms with Crippen molar-refractivity contribution in [3.63, 3.8) is 0 Å². The van der Waals surface area contributed by atoms with Gasteiger partial charge in [0.15, 0.2) is 5.65 Å². The van der Waals surface area contributed by atoms with Gasteiger partial charge >= 0.3 is 0 Å². The molecule has 0 radical (unpaired) electrons. The molecule has 0 saturated carbocycles. The number of halogens is 1. The van der Waals surface area contributed by atoms with Crippen LogP contribution in [0.5, 0.6) is 0 Å². The first-order valence-corrected chi connectivity index (χ1v) is 12.4. The molecule has 0 atom stereocenters. The highest BCUT2D eigenvalue weighted by Crippen LogP contribution is 2.25. The van der Waals surface area contributed by atoms with Crippen molar-refractivity contribution in [3.8, 4) is 0 Å². The normalized spacial score (nSPS) is 11.4. The lowest BCUT2D eigenvalue weighted by atomic mass is 10.1. The van der Waals surface area contributed by atoms with E-state index in [1.54, 1.807) is 24.4 Å². The molecule has 0 fully saturated rings. The van der Waals surface area contributed by atoms with E-state index in [0.29, 0.717) is 34.4 Å². The number of nitrogens with zero attached hydrogens (tertiary/aromatic N) is 4. The number of fused-ring (bicyclic) bond motifs is 2. The highest BCUT2D eigenvalue weighted by atomic mass is 35.5. The standard InChI is InChI=1S/C25H23N7O2S.ClH/c1-32-22(12-9-16-7-10-18(11-8-16)24(26)27)30-20-14-19(15-29-25(20)32)31-35(33,34)21-6-2-4-17-5-3-13-28-23(17)21;/h2-8,10-11,13-15,31H,9,12H2,1H3,(H3,26,27);1H. The van der Waals surface area contributed by atoms with Crippen molar-refractivity contribution in [1.82, 2.24) is 19.5 Å². The van der Waals surface area contributed by atoms with Gasteiger partial charge in [-0.05, 0) is 30.2 Å². The highest BCUT2D eigenvalue weighted by molar-refractivity contribution is 7.93. The molecule has 11 heteroatoms. The smallest absolute Gasteiger partial charge is 0.264 e. The molecule has 0 saturated heterocycles. The summed E-state index contributed by atoms with van der Waals surface area (Å²) in [6.07, 6.45) is 4.49. The number of para-hydroxylation sites is 1. The number of hydrogen-bond donors (Lipinski definition) is 3. The van der Waals surface area contributed by atoms with Crippen LogP contribution in [0, 0.1) is 5.41 Å². The van der Waals surface area contributed by atoms with Crippen LogP contribution in [0.4, 0.5) is 5.69 Å². The molecule has 3 heterocycles. The van der Waals surface area contributed by atoms with Crippen molar-refractivity contribution < 1.29 is 8.42 Å². The van der Waals surface area contributed by atoms with Gasteiger partial charge in [0.25, 0.3) is 10.0 Å². The fraction of sp³-hybridized carbons (Fsp3) is 0.120. The molecule has 0 amide bonds. The van der Waals surface area contributed by atoms with Gasteiger partial charge in [0.1, 0.15) is 22.1 Å². The molecule has 0 spiro atoms. The van der Waals surface area contributed by atoms with Crippen molar-refractivity contribution in [2.75, 3.05) is 4.72 Å². The van der Waals surface area contributed by atoms with Gasteiger partial charge in [-0.3, -0.25) is 15.1 Å². The van der Waals surface area contributed by atoms with E-state index in [4.69, 9.17) is 11.1 Å². The molecule has 36 heavy (non-hydrogen) atoms. The first kappa shape index (κ1) is 25.1. The molecular formula is C25H24ClN7O2S.